The summed E-state index contributed by atoms with van der Waals surface area (Å²) in [7, 11) is 1.66. The Bertz CT molecular complexity index is 1360. The van der Waals surface area contributed by atoms with E-state index in [0.29, 0.717) is 18.8 Å². The van der Waals surface area contributed by atoms with E-state index in [1.54, 1.807) is 25.3 Å². The molecule has 2 heterocycles. The first kappa shape index (κ1) is 28.0. The van der Waals surface area contributed by atoms with Gasteiger partial charge in [0.1, 0.15) is 28.9 Å². The van der Waals surface area contributed by atoms with Crippen molar-refractivity contribution in [1.82, 2.24) is 9.80 Å². The zero-order valence-corrected chi connectivity index (χ0v) is 22.6. The number of morpholine rings is 1. The predicted molar refractivity (Wildman–Crippen MR) is 148 cm³/mol. The number of halogens is 2. The van der Waals surface area contributed by atoms with Crippen LogP contribution in [0.3, 0.4) is 0 Å². The molecule has 1 N–H and O–H groups in total. The Kier molecular flexibility index (Phi) is 8.91. The predicted octanol–water partition coefficient (Wildman–Crippen LogP) is 5.19. The summed E-state index contributed by atoms with van der Waals surface area (Å²) < 4.78 is 45.8. The summed E-state index contributed by atoms with van der Waals surface area (Å²) in [6, 6.07) is 22.7. The highest BCUT2D eigenvalue weighted by molar-refractivity contribution is 5.44. The molecule has 3 aromatic carbocycles. The van der Waals surface area contributed by atoms with Gasteiger partial charge in [-0.15, -0.1) is 0 Å². The Balaban J connectivity index is 1.44. The number of ether oxygens (including phenoxy) is 2. The zero-order chi connectivity index (χ0) is 28.0. The minimum absolute atomic E-state index is 0.184. The van der Waals surface area contributed by atoms with Gasteiger partial charge in [-0.25, -0.2) is 8.78 Å². The number of hydrogen-bond acceptors (Lipinski definition) is 6. The molecule has 40 heavy (non-hydrogen) atoms. The van der Waals surface area contributed by atoms with Gasteiger partial charge in [-0.3, -0.25) is 9.80 Å². The quantitative estimate of drug-likeness (QED) is 0.279. The average molecular weight is 549 g/mol. The first-order chi connectivity index (χ1) is 19.5. The zero-order valence-electron chi connectivity index (χ0n) is 22.6. The minimum Gasteiger partial charge on any atom is -0.496 e. The summed E-state index contributed by atoms with van der Waals surface area (Å²) >= 11 is 0. The Morgan fingerprint density at radius 1 is 0.875 bits per heavy atom. The highest BCUT2D eigenvalue weighted by Gasteiger charge is 2.38. The van der Waals surface area contributed by atoms with Crippen molar-refractivity contribution in [2.24, 2.45) is 0 Å². The van der Waals surface area contributed by atoms with E-state index in [1.807, 2.05) is 30.3 Å². The third-order valence-corrected chi connectivity index (χ3v) is 7.31. The summed E-state index contributed by atoms with van der Waals surface area (Å²) in [5.74, 6) is 0.600. The van der Waals surface area contributed by atoms with E-state index in [1.165, 1.54) is 36.4 Å². The maximum atomic E-state index is 14.2. The van der Waals surface area contributed by atoms with Gasteiger partial charge in [-0.2, -0.15) is 0 Å². The monoisotopic (exact) mass is 548 g/mol. The lowest BCUT2D eigenvalue weighted by Crippen LogP contribution is -2.41. The third kappa shape index (κ3) is 6.42. The van der Waals surface area contributed by atoms with Crippen molar-refractivity contribution in [2.45, 2.75) is 18.7 Å². The van der Waals surface area contributed by atoms with Crippen molar-refractivity contribution >= 4 is 0 Å². The van der Waals surface area contributed by atoms with Crippen LogP contribution in [0.15, 0.2) is 89.3 Å². The molecule has 1 aromatic heterocycles. The van der Waals surface area contributed by atoms with Crippen LogP contribution in [-0.2, 0) is 23.4 Å². The smallest absolute Gasteiger partial charge is 0.173 e. The average Bonchev–Trinajstić information content (AvgIpc) is 3.45. The molecule has 1 aliphatic heterocycles. The fourth-order valence-corrected chi connectivity index (χ4v) is 5.15. The van der Waals surface area contributed by atoms with Gasteiger partial charge in [0.05, 0.1) is 26.9 Å². The molecule has 1 aliphatic rings. The van der Waals surface area contributed by atoms with Gasteiger partial charge in [-0.05, 0) is 53.6 Å². The van der Waals surface area contributed by atoms with Crippen LogP contribution < -0.4 is 4.74 Å². The highest BCUT2D eigenvalue weighted by Crippen LogP contribution is 2.38. The molecule has 0 bridgehead atoms. The number of rotatable bonds is 11. The molecule has 210 valence electrons. The van der Waals surface area contributed by atoms with Gasteiger partial charge >= 0.3 is 0 Å². The largest absolute Gasteiger partial charge is 0.496 e. The molecule has 0 unspecified atom stereocenters. The van der Waals surface area contributed by atoms with Gasteiger partial charge in [0.2, 0.25) is 0 Å². The van der Waals surface area contributed by atoms with Crippen LogP contribution in [0.25, 0.3) is 0 Å². The molecular weight excluding hydrogens is 514 g/mol. The van der Waals surface area contributed by atoms with Gasteiger partial charge in [0.25, 0.3) is 0 Å². The topological polar surface area (TPSA) is 58.3 Å². The maximum absolute atomic E-state index is 14.2. The van der Waals surface area contributed by atoms with Gasteiger partial charge in [0, 0.05) is 38.3 Å². The summed E-state index contributed by atoms with van der Waals surface area (Å²) in [5.41, 5.74) is -0.340. The van der Waals surface area contributed by atoms with E-state index in [9.17, 15) is 13.9 Å². The highest BCUT2D eigenvalue weighted by atomic mass is 19.1. The Morgan fingerprint density at radius 3 is 2.20 bits per heavy atom. The van der Waals surface area contributed by atoms with E-state index in [0.717, 1.165) is 50.7 Å². The standard InChI is InChI=1S/C32H34F2N2O4/c1-38-30-11-3-2-6-24(30)22-36(15-14-35-16-18-39-19-17-35)23-29-12-13-31(40-29)32(37,25-7-4-9-27(33)20-25)26-8-5-10-28(34)21-26/h2-13,20-21,37H,14-19,22-23H2,1H3. The molecule has 0 aliphatic carbocycles. The first-order valence-electron chi connectivity index (χ1n) is 13.4. The number of aliphatic hydroxyl groups is 1. The van der Waals surface area contributed by atoms with Crippen molar-refractivity contribution in [1.29, 1.82) is 0 Å². The summed E-state index contributed by atoms with van der Waals surface area (Å²) in [6.45, 7) is 5.96. The molecule has 8 heteroatoms. The molecule has 5 rings (SSSR count). The van der Waals surface area contributed by atoms with Gasteiger partial charge < -0.3 is 19.0 Å². The fourth-order valence-electron chi connectivity index (χ4n) is 5.15. The summed E-state index contributed by atoms with van der Waals surface area (Å²) in [5, 5.41) is 12.0. The van der Waals surface area contributed by atoms with E-state index >= 15 is 0 Å². The second kappa shape index (κ2) is 12.7. The summed E-state index contributed by atoms with van der Waals surface area (Å²) in [4.78, 5) is 4.64. The van der Waals surface area contributed by atoms with Gasteiger partial charge in [-0.1, -0.05) is 42.5 Å². The maximum Gasteiger partial charge on any atom is 0.173 e. The van der Waals surface area contributed by atoms with Gasteiger partial charge in [0.15, 0.2) is 5.60 Å². The lowest BCUT2D eigenvalue weighted by Gasteiger charge is -2.30. The molecule has 1 saturated heterocycles. The van der Waals surface area contributed by atoms with Crippen LogP contribution in [0.4, 0.5) is 8.78 Å². The second-order valence-electron chi connectivity index (χ2n) is 9.97. The third-order valence-electron chi connectivity index (χ3n) is 7.31. The summed E-state index contributed by atoms with van der Waals surface area (Å²) in [6.07, 6.45) is 0. The van der Waals surface area contributed by atoms with Crippen LogP contribution in [0.1, 0.15) is 28.2 Å². The van der Waals surface area contributed by atoms with E-state index < -0.39 is 17.2 Å². The molecule has 0 saturated carbocycles. The lowest BCUT2D eigenvalue weighted by atomic mass is 9.84. The van der Waals surface area contributed by atoms with Crippen LogP contribution in [0.5, 0.6) is 5.75 Å². The molecular formula is C32H34F2N2O4. The lowest BCUT2D eigenvalue weighted by molar-refractivity contribution is 0.0319. The number of methoxy groups -OCH3 is 1. The molecule has 0 atom stereocenters. The molecule has 1 fully saturated rings. The van der Waals surface area contributed by atoms with Crippen molar-refractivity contribution in [3.63, 3.8) is 0 Å². The van der Waals surface area contributed by atoms with Crippen molar-refractivity contribution in [3.8, 4) is 5.75 Å². The number of hydrogen-bond donors (Lipinski definition) is 1. The van der Waals surface area contributed by atoms with Crippen molar-refractivity contribution < 1.29 is 27.8 Å². The van der Waals surface area contributed by atoms with E-state index in [4.69, 9.17) is 13.9 Å². The molecule has 0 spiro atoms. The molecule has 6 nitrogen and oxygen atoms in total. The van der Waals surface area contributed by atoms with Crippen molar-refractivity contribution in [2.75, 3.05) is 46.5 Å². The van der Waals surface area contributed by atoms with Crippen LogP contribution in [0.2, 0.25) is 0 Å². The van der Waals surface area contributed by atoms with Crippen LogP contribution in [-0.4, -0.2) is 61.4 Å². The Morgan fingerprint density at radius 2 is 1.55 bits per heavy atom. The minimum atomic E-state index is -1.89. The Hall–Kier alpha value is -3.56. The van der Waals surface area contributed by atoms with Crippen LogP contribution in [0, 0.1) is 11.6 Å². The molecule has 4 aromatic rings. The van der Waals surface area contributed by atoms with E-state index in [2.05, 4.69) is 9.80 Å². The normalized spacial score (nSPS) is 14.5. The van der Waals surface area contributed by atoms with E-state index in [-0.39, 0.29) is 16.9 Å². The van der Waals surface area contributed by atoms with Crippen molar-refractivity contribution in [3.05, 3.63) is 125 Å². The molecule has 0 radical (unpaired) electrons. The Labute approximate surface area is 233 Å². The SMILES string of the molecule is COc1ccccc1CN(CCN1CCOCC1)Cc1ccc(C(O)(c2cccc(F)c2)c2cccc(F)c2)o1. The number of benzene rings is 3. The van der Waals surface area contributed by atoms with Crippen LogP contribution >= 0.6 is 0 Å². The fraction of sp³-hybridized carbons (Fsp3) is 0.312. The number of para-hydroxylation sites is 1. The first-order valence-corrected chi connectivity index (χ1v) is 13.4. The molecule has 0 amide bonds. The number of furan rings is 1. The number of nitrogens with zero attached hydrogens (tertiary/aromatic N) is 2. The second-order valence-corrected chi connectivity index (χ2v) is 9.97.